The highest BCUT2D eigenvalue weighted by Crippen LogP contribution is 2.22. The first kappa shape index (κ1) is 12.7. The summed E-state index contributed by atoms with van der Waals surface area (Å²) < 4.78 is 7.23. The van der Waals surface area contributed by atoms with E-state index in [1.807, 2.05) is 36.9 Å². The van der Waals surface area contributed by atoms with Crippen molar-refractivity contribution in [2.45, 2.75) is 19.9 Å². The largest absolute Gasteiger partial charge is 0.415 e. The SMILES string of the molecule is Cc1nn(C)c2c1CCN(C(=O)Oc1ccccc1)C2. The Balaban J connectivity index is 1.74. The van der Waals surface area contributed by atoms with E-state index in [9.17, 15) is 4.79 Å². The molecule has 0 fully saturated rings. The first-order valence-corrected chi connectivity index (χ1v) is 6.68. The number of amides is 1. The fraction of sp³-hybridized carbons (Fsp3) is 0.333. The molecular formula is C15H17N3O2. The highest BCUT2D eigenvalue weighted by atomic mass is 16.6. The second-order valence-electron chi connectivity index (χ2n) is 4.99. The molecule has 2 aromatic rings. The molecule has 104 valence electrons. The Kier molecular flexibility index (Phi) is 3.18. The molecule has 0 radical (unpaired) electrons. The summed E-state index contributed by atoms with van der Waals surface area (Å²) in [5.74, 6) is 0.574. The Morgan fingerprint density at radius 3 is 2.80 bits per heavy atom. The summed E-state index contributed by atoms with van der Waals surface area (Å²) in [6, 6.07) is 9.15. The van der Waals surface area contributed by atoms with E-state index >= 15 is 0 Å². The quantitative estimate of drug-likeness (QED) is 0.799. The van der Waals surface area contributed by atoms with Gasteiger partial charge in [-0.1, -0.05) is 18.2 Å². The van der Waals surface area contributed by atoms with E-state index in [4.69, 9.17) is 4.74 Å². The number of ether oxygens (including phenoxy) is 1. The van der Waals surface area contributed by atoms with Gasteiger partial charge in [-0.15, -0.1) is 0 Å². The fourth-order valence-corrected chi connectivity index (χ4v) is 2.59. The summed E-state index contributed by atoms with van der Waals surface area (Å²) in [7, 11) is 1.91. The molecule has 1 aliphatic heterocycles. The zero-order chi connectivity index (χ0) is 14.1. The van der Waals surface area contributed by atoms with Gasteiger partial charge < -0.3 is 9.64 Å². The average Bonchev–Trinajstić information content (AvgIpc) is 2.75. The van der Waals surface area contributed by atoms with Crippen LogP contribution in [0.2, 0.25) is 0 Å². The number of rotatable bonds is 1. The number of para-hydroxylation sites is 1. The number of nitrogens with zero attached hydrogens (tertiary/aromatic N) is 3. The second kappa shape index (κ2) is 5.00. The van der Waals surface area contributed by atoms with Crippen molar-refractivity contribution in [2.75, 3.05) is 6.54 Å². The Hall–Kier alpha value is -2.30. The normalized spacial score (nSPS) is 14.0. The third-order valence-corrected chi connectivity index (χ3v) is 3.65. The maximum absolute atomic E-state index is 12.2. The highest BCUT2D eigenvalue weighted by molar-refractivity contribution is 5.71. The van der Waals surface area contributed by atoms with Crippen LogP contribution in [0.25, 0.3) is 0 Å². The van der Waals surface area contributed by atoms with Crippen LogP contribution in [0.15, 0.2) is 30.3 Å². The van der Waals surface area contributed by atoms with Gasteiger partial charge in [0.2, 0.25) is 0 Å². The van der Waals surface area contributed by atoms with Crippen LogP contribution in [0.4, 0.5) is 4.79 Å². The summed E-state index contributed by atoms with van der Waals surface area (Å²) in [6.07, 6.45) is 0.527. The summed E-state index contributed by atoms with van der Waals surface area (Å²) in [5, 5.41) is 4.41. The number of aryl methyl sites for hydroxylation is 2. The minimum atomic E-state index is -0.305. The van der Waals surface area contributed by atoms with Gasteiger partial charge >= 0.3 is 6.09 Å². The zero-order valence-electron chi connectivity index (χ0n) is 11.7. The van der Waals surface area contributed by atoms with Gasteiger partial charge in [-0.05, 0) is 31.0 Å². The van der Waals surface area contributed by atoms with Crippen LogP contribution in [-0.4, -0.2) is 27.3 Å². The average molecular weight is 271 g/mol. The van der Waals surface area contributed by atoms with Crippen LogP contribution in [0, 0.1) is 6.92 Å². The van der Waals surface area contributed by atoms with Crippen molar-refractivity contribution in [1.29, 1.82) is 0 Å². The maximum atomic E-state index is 12.2. The molecule has 5 heteroatoms. The molecule has 1 aromatic carbocycles. The Bertz CT molecular complexity index is 634. The first-order chi connectivity index (χ1) is 9.65. The lowest BCUT2D eigenvalue weighted by molar-refractivity contribution is 0.145. The third kappa shape index (κ3) is 2.27. The third-order valence-electron chi connectivity index (χ3n) is 3.65. The molecule has 0 unspecified atom stereocenters. The van der Waals surface area contributed by atoms with Crippen molar-refractivity contribution >= 4 is 6.09 Å². The summed E-state index contributed by atoms with van der Waals surface area (Å²) in [6.45, 7) is 3.24. The topological polar surface area (TPSA) is 47.4 Å². The van der Waals surface area contributed by atoms with Gasteiger partial charge in [0.05, 0.1) is 17.9 Å². The molecule has 1 aliphatic rings. The summed E-state index contributed by atoms with van der Waals surface area (Å²) >= 11 is 0. The van der Waals surface area contributed by atoms with Gasteiger partial charge in [-0.2, -0.15) is 5.10 Å². The van der Waals surface area contributed by atoms with Crippen LogP contribution in [0.5, 0.6) is 5.75 Å². The van der Waals surface area contributed by atoms with Gasteiger partial charge in [0.1, 0.15) is 5.75 Å². The van der Waals surface area contributed by atoms with Crippen LogP contribution in [0.1, 0.15) is 17.0 Å². The molecule has 2 heterocycles. The minimum Gasteiger partial charge on any atom is -0.410 e. The Morgan fingerprint density at radius 2 is 2.05 bits per heavy atom. The number of carbonyl (C=O) groups excluding carboxylic acids is 1. The molecule has 20 heavy (non-hydrogen) atoms. The van der Waals surface area contributed by atoms with Gasteiger partial charge in [-0.25, -0.2) is 4.79 Å². The number of hydrogen-bond acceptors (Lipinski definition) is 3. The molecule has 0 spiro atoms. The second-order valence-corrected chi connectivity index (χ2v) is 4.99. The molecule has 1 amide bonds. The van der Waals surface area contributed by atoms with Crippen LogP contribution < -0.4 is 4.74 Å². The van der Waals surface area contributed by atoms with Crippen molar-refractivity contribution in [3.63, 3.8) is 0 Å². The molecule has 5 nitrogen and oxygen atoms in total. The van der Waals surface area contributed by atoms with E-state index in [-0.39, 0.29) is 6.09 Å². The number of aromatic nitrogens is 2. The molecule has 0 saturated carbocycles. The monoisotopic (exact) mass is 271 g/mol. The molecule has 3 rings (SSSR count). The molecule has 0 bridgehead atoms. The molecule has 0 N–H and O–H groups in total. The lowest BCUT2D eigenvalue weighted by Gasteiger charge is -2.26. The Labute approximate surface area is 117 Å². The van der Waals surface area contributed by atoms with E-state index < -0.39 is 0 Å². The maximum Gasteiger partial charge on any atom is 0.415 e. The number of hydrogen-bond donors (Lipinski definition) is 0. The van der Waals surface area contributed by atoms with Crippen LogP contribution in [0.3, 0.4) is 0 Å². The molecule has 0 aliphatic carbocycles. The number of fused-ring (bicyclic) bond motifs is 1. The van der Waals surface area contributed by atoms with E-state index in [0.717, 1.165) is 17.8 Å². The van der Waals surface area contributed by atoms with E-state index in [1.165, 1.54) is 5.56 Å². The lowest BCUT2D eigenvalue weighted by atomic mass is 10.1. The smallest absolute Gasteiger partial charge is 0.410 e. The Morgan fingerprint density at radius 1 is 1.30 bits per heavy atom. The van der Waals surface area contributed by atoms with Gasteiger partial charge in [-0.3, -0.25) is 4.68 Å². The fourth-order valence-electron chi connectivity index (χ4n) is 2.59. The summed E-state index contributed by atoms with van der Waals surface area (Å²) in [5.41, 5.74) is 3.41. The van der Waals surface area contributed by atoms with Crippen molar-refractivity contribution in [3.8, 4) is 5.75 Å². The zero-order valence-corrected chi connectivity index (χ0v) is 11.7. The van der Waals surface area contributed by atoms with Crippen molar-refractivity contribution in [3.05, 3.63) is 47.3 Å². The summed E-state index contributed by atoms with van der Waals surface area (Å²) in [4.78, 5) is 13.9. The minimum absolute atomic E-state index is 0.305. The van der Waals surface area contributed by atoms with Gasteiger partial charge in [0.15, 0.2) is 0 Å². The van der Waals surface area contributed by atoms with E-state index in [0.29, 0.717) is 18.8 Å². The van der Waals surface area contributed by atoms with Crippen LogP contribution >= 0.6 is 0 Å². The van der Waals surface area contributed by atoms with Crippen LogP contribution in [-0.2, 0) is 20.0 Å². The number of benzene rings is 1. The van der Waals surface area contributed by atoms with E-state index in [1.54, 1.807) is 17.0 Å². The molecular weight excluding hydrogens is 254 g/mol. The van der Waals surface area contributed by atoms with Crippen molar-refractivity contribution in [1.82, 2.24) is 14.7 Å². The number of carbonyl (C=O) groups is 1. The first-order valence-electron chi connectivity index (χ1n) is 6.68. The molecule has 0 atom stereocenters. The lowest BCUT2D eigenvalue weighted by Crippen LogP contribution is -2.38. The molecule has 1 aromatic heterocycles. The predicted octanol–water partition coefficient (Wildman–Crippen LogP) is 2.29. The highest BCUT2D eigenvalue weighted by Gasteiger charge is 2.26. The standard InChI is InChI=1S/C15H17N3O2/c1-11-13-8-9-18(10-14(13)17(2)16-11)15(19)20-12-6-4-3-5-7-12/h3-7H,8-10H2,1-2H3. The van der Waals surface area contributed by atoms with Gasteiger partial charge in [0, 0.05) is 13.6 Å². The predicted molar refractivity (Wildman–Crippen MR) is 74.5 cm³/mol. The van der Waals surface area contributed by atoms with E-state index in [2.05, 4.69) is 5.10 Å². The van der Waals surface area contributed by atoms with Gasteiger partial charge in [0.25, 0.3) is 0 Å². The molecule has 0 saturated heterocycles. The van der Waals surface area contributed by atoms with Crippen molar-refractivity contribution in [2.24, 2.45) is 7.05 Å². The van der Waals surface area contributed by atoms with Crippen molar-refractivity contribution < 1.29 is 9.53 Å².